The third-order valence-corrected chi connectivity index (χ3v) is 10.1. The lowest BCUT2D eigenvalue weighted by Gasteiger charge is -2.26. The predicted octanol–water partition coefficient (Wildman–Crippen LogP) is 9.14. The molecule has 0 amide bonds. The summed E-state index contributed by atoms with van der Waals surface area (Å²) in [5.41, 5.74) is 9.28. The number of aromatic nitrogens is 1. The summed E-state index contributed by atoms with van der Waals surface area (Å²) < 4.78 is 22.4. The molecule has 1 aromatic heterocycles. The van der Waals surface area contributed by atoms with Gasteiger partial charge in [-0.05, 0) is 100 Å². The van der Waals surface area contributed by atoms with Crippen molar-refractivity contribution in [3.8, 4) is 22.5 Å². The maximum atomic E-state index is 13.6. The number of hydrogen-bond acceptors (Lipinski definition) is 5. The fourth-order valence-corrected chi connectivity index (χ4v) is 7.60. The maximum absolute atomic E-state index is 13.6. The summed E-state index contributed by atoms with van der Waals surface area (Å²) in [6.45, 7) is 14.2. The molecule has 0 fully saturated rings. The van der Waals surface area contributed by atoms with Crippen LogP contribution in [0.25, 0.3) is 55.9 Å². The zero-order valence-electron chi connectivity index (χ0n) is 30.5. The number of para-hydroxylation sites is 1. The highest BCUT2D eigenvalue weighted by atomic mass is 16.6. The molecule has 0 N–H and O–H groups in total. The standard InChI is InChI=1S/C45H45N2O5/c1-6-46(7-2)32-21-22-36-41(28-32)52-43-31(26-30-20-23-40-38(27-30)33-15-11-12-19-39(33)47(40)8-3)14-13-18-37(43)42(36)34-16-9-10-17-35(34)45(49)51-25-24-50-44(48)29(4)5/h9-12,15-17,19-23,26-28H,4,6-8,13-14,18,24-25H2,1-3,5H3/q+1. The molecule has 7 heteroatoms. The molecule has 7 nitrogen and oxygen atoms in total. The van der Waals surface area contributed by atoms with Crippen molar-refractivity contribution in [3.05, 3.63) is 125 Å². The number of ether oxygens (including phenoxy) is 2. The molecule has 264 valence electrons. The van der Waals surface area contributed by atoms with Gasteiger partial charge in [0.25, 0.3) is 0 Å². The van der Waals surface area contributed by atoms with Crippen molar-refractivity contribution >= 4 is 45.4 Å². The zero-order valence-corrected chi connectivity index (χ0v) is 30.5. The minimum absolute atomic E-state index is 0.0464. The Balaban J connectivity index is 1.38. The van der Waals surface area contributed by atoms with Gasteiger partial charge in [-0.2, -0.15) is 0 Å². The minimum atomic E-state index is -0.511. The molecule has 4 aromatic rings. The number of nitrogens with zero attached hydrogens (tertiary/aromatic N) is 2. The fourth-order valence-electron chi connectivity index (χ4n) is 7.60. The van der Waals surface area contributed by atoms with Gasteiger partial charge in [0.05, 0.1) is 11.6 Å². The lowest BCUT2D eigenvalue weighted by Crippen LogP contribution is -2.29. The summed E-state index contributed by atoms with van der Waals surface area (Å²) >= 11 is 0. The third-order valence-electron chi connectivity index (χ3n) is 10.1. The van der Waals surface area contributed by atoms with Crippen molar-refractivity contribution in [1.29, 1.82) is 0 Å². The second-order valence-electron chi connectivity index (χ2n) is 13.3. The number of allylic oxidation sites excluding steroid dienone is 1. The zero-order chi connectivity index (χ0) is 36.4. The van der Waals surface area contributed by atoms with Crippen LogP contribution in [0.5, 0.6) is 0 Å². The Morgan fingerprint density at radius 2 is 1.60 bits per heavy atom. The Bertz CT molecular complexity index is 2420. The number of benzene rings is 4. The van der Waals surface area contributed by atoms with E-state index in [4.69, 9.17) is 13.9 Å². The molecular formula is C45H45N2O5+. The quantitative estimate of drug-likeness (QED) is 0.0620. The average Bonchev–Trinajstić information content (AvgIpc) is 3.49. The van der Waals surface area contributed by atoms with Crippen LogP contribution < -0.4 is 9.93 Å². The van der Waals surface area contributed by atoms with E-state index < -0.39 is 11.9 Å². The van der Waals surface area contributed by atoms with Crippen LogP contribution in [0.1, 0.15) is 67.8 Å². The van der Waals surface area contributed by atoms with E-state index in [1.807, 2.05) is 18.2 Å². The van der Waals surface area contributed by atoms with Gasteiger partial charge in [0.1, 0.15) is 37.8 Å². The van der Waals surface area contributed by atoms with Gasteiger partial charge < -0.3 is 18.5 Å². The highest BCUT2D eigenvalue weighted by molar-refractivity contribution is 6.09. The summed E-state index contributed by atoms with van der Waals surface area (Å²) in [5, 5.41) is 3.58. The van der Waals surface area contributed by atoms with Gasteiger partial charge >= 0.3 is 11.9 Å². The molecule has 52 heavy (non-hydrogen) atoms. The van der Waals surface area contributed by atoms with Crippen LogP contribution >= 0.6 is 0 Å². The molecule has 7 rings (SSSR count). The number of aryl methyl sites for hydroxylation is 1. The normalized spacial score (nSPS) is 13.4. The molecule has 0 saturated carbocycles. The molecule has 1 aliphatic heterocycles. The van der Waals surface area contributed by atoms with Crippen LogP contribution in [0, 0.1) is 0 Å². The lowest BCUT2D eigenvalue weighted by atomic mass is 9.82. The summed E-state index contributed by atoms with van der Waals surface area (Å²) in [6, 6.07) is 29.3. The van der Waals surface area contributed by atoms with E-state index in [9.17, 15) is 9.59 Å². The molecule has 0 spiro atoms. The van der Waals surface area contributed by atoms with Crippen LogP contribution in [-0.4, -0.2) is 42.8 Å². The maximum Gasteiger partial charge on any atom is 0.338 e. The first kappa shape index (κ1) is 34.7. The molecule has 0 atom stereocenters. The Morgan fingerprint density at radius 1 is 0.846 bits per heavy atom. The molecule has 0 unspecified atom stereocenters. The Labute approximate surface area is 304 Å². The fraction of sp³-hybridized carbons (Fsp3) is 0.267. The molecule has 3 aromatic carbocycles. The minimum Gasteiger partial charge on any atom is -0.459 e. The van der Waals surface area contributed by atoms with Gasteiger partial charge in [-0.15, -0.1) is 0 Å². The largest absolute Gasteiger partial charge is 0.459 e. The van der Waals surface area contributed by atoms with Crippen molar-refractivity contribution in [2.75, 3.05) is 26.3 Å². The van der Waals surface area contributed by atoms with E-state index in [-0.39, 0.29) is 13.2 Å². The average molecular weight is 694 g/mol. The number of hydrogen-bond donors (Lipinski definition) is 0. The van der Waals surface area contributed by atoms with Crippen molar-refractivity contribution in [3.63, 3.8) is 0 Å². The van der Waals surface area contributed by atoms with Crippen LogP contribution in [0.4, 0.5) is 0 Å². The first-order chi connectivity index (χ1) is 25.3. The van der Waals surface area contributed by atoms with E-state index >= 15 is 0 Å². The number of carbonyl (C=O) groups excluding carboxylic acids is 2. The molecule has 0 bridgehead atoms. The number of esters is 2. The van der Waals surface area contributed by atoms with E-state index in [2.05, 4.69) is 103 Å². The molecule has 2 heterocycles. The van der Waals surface area contributed by atoms with E-state index in [0.717, 1.165) is 89.2 Å². The highest BCUT2D eigenvalue weighted by Crippen LogP contribution is 2.46. The van der Waals surface area contributed by atoms with Gasteiger partial charge in [-0.25, -0.2) is 14.2 Å². The van der Waals surface area contributed by atoms with Crippen molar-refractivity contribution in [2.24, 2.45) is 0 Å². The number of rotatable bonds is 10. The predicted molar refractivity (Wildman–Crippen MR) is 209 cm³/mol. The van der Waals surface area contributed by atoms with Gasteiger partial charge in [0.15, 0.2) is 0 Å². The molecular weight excluding hydrogens is 649 g/mol. The second kappa shape index (κ2) is 14.9. The smallest absolute Gasteiger partial charge is 0.338 e. The van der Waals surface area contributed by atoms with Crippen LogP contribution in [-0.2, 0) is 27.2 Å². The van der Waals surface area contributed by atoms with E-state index in [0.29, 0.717) is 11.1 Å². The van der Waals surface area contributed by atoms with E-state index in [1.54, 1.807) is 13.0 Å². The monoisotopic (exact) mass is 693 g/mol. The van der Waals surface area contributed by atoms with Gasteiger partial charge in [-0.3, -0.25) is 0 Å². The number of fused-ring (bicyclic) bond motifs is 5. The Morgan fingerprint density at radius 3 is 2.38 bits per heavy atom. The number of carbonyl (C=O) groups is 2. The molecule has 0 saturated heterocycles. The lowest BCUT2D eigenvalue weighted by molar-refractivity contribution is -0.140. The van der Waals surface area contributed by atoms with Gasteiger partial charge in [0, 0.05) is 56.7 Å². The summed E-state index contributed by atoms with van der Waals surface area (Å²) in [7, 11) is 0. The van der Waals surface area contributed by atoms with Crippen LogP contribution in [0.15, 0.2) is 101 Å². The summed E-state index contributed by atoms with van der Waals surface area (Å²) in [4.78, 5) is 25.5. The van der Waals surface area contributed by atoms with Crippen LogP contribution in [0.2, 0.25) is 0 Å². The van der Waals surface area contributed by atoms with Gasteiger partial charge in [0.2, 0.25) is 5.36 Å². The summed E-state index contributed by atoms with van der Waals surface area (Å²) in [6.07, 6.45) is 4.90. The Hall–Kier alpha value is -5.69. The van der Waals surface area contributed by atoms with Crippen LogP contribution in [0.3, 0.4) is 0 Å². The third kappa shape index (κ3) is 6.47. The first-order valence-electron chi connectivity index (χ1n) is 18.3. The van der Waals surface area contributed by atoms with Crippen molar-refractivity contribution in [1.82, 2.24) is 9.14 Å². The molecule has 3 aliphatic rings. The van der Waals surface area contributed by atoms with Crippen molar-refractivity contribution in [2.45, 2.75) is 53.5 Å². The Kier molecular flexibility index (Phi) is 9.95. The molecule has 2 aliphatic carbocycles. The topological polar surface area (TPSA) is 73.7 Å². The van der Waals surface area contributed by atoms with Crippen molar-refractivity contribution < 1.29 is 23.5 Å². The second-order valence-corrected chi connectivity index (χ2v) is 13.3. The first-order valence-corrected chi connectivity index (χ1v) is 18.3. The summed E-state index contributed by atoms with van der Waals surface area (Å²) in [5.74, 6) is 0.636. The SMILES string of the molecule is C=C(C)C(=O)OCCOC(=O)c1ccccc1-c1c2ccc(=[N+](CC)CC)cc-2oc2c1CCC/C2=C\c1ccc2c(c1)c1ccccc1n2CC. The van der Waals surface area contributed by atoms with Gasteiger partial charge in [-0.1, -0.05) is 49.0 Å². The highest BCUT2D eigenvalue weighted by Gasteiger charge is 2.29. The molecule has 0 radical (unpaired) electrons. The van der Waals surface area contributed by atoms with E-state index in [1.165, 1.54) is 21.8 Å².